The Kier molecular flexibility index (Phi) is 4.88. The highest BCUT2D eigenvalue weighted by Crippen LogP contribution is 2.37. The molecule has 0 spiro atoms. The van der Waals surface area contributed by atoms with Gasteiger partial charge in [-0.25, -0.2) is 4.98 Å². The van der Waals surface area contributed by atoms with E-state index in [0.717, 1.165) is 16.7 Å². The van der Waals surface area contributed by atoms with Crippen molar-refractivity contribution in [2.24, 2.45) is 0 Å². The maximum atomic E-state index is 13.4. The third-order valence-corrected chi connectivity index (χ3v) is 5.58. The van der Waals surface area contributed by atoms with Crippen molar-refractivity contribution in [3.63, 3.8) is 0 Å². The number of aromatic nitrogens is 3. The molecule has 0 aliphatic carbocycles. The summed E-state index contributed by atoms with van der Waals surface area (Å²) in [5.41, 5.74) is 2.84. The molecule has 154 valence electrons. The fraction of sp³-hybridized carbons (Fsp3) is 0.130. The zero-order chi connectivity index (χ0) is 21.4. The molecule has 3 heterocycles. The average Bonchev–Trinajstić information content (AvgIpc) is 3.27. The number of hydrogen-bond acceptors (Lipinski definition) is 4. The van der Waals surface area contributed by atoms with Gasteiger partial charge in [-0.1, -0.05) is 41.9 Å². The Hall–Kier alpha value is -3.71. The predicted octanol–water partition coefficient (Wildman–Crippen LogP) is 4.20. The van der Waals surface area contributed by atoms with Gasteiger partial charge in [0.05, 0.1) is 40.4 Å². The van der Waals surface area contributed by atoms with Crippen molar-refractivity contribution in [2.45, 2.75) is 19.0 Å². The van der Waals surface area contributed by atoms with Crippen LogP contribution >= 0.6 is 11.6 Å². The summed E-state index contributed by atoms with van der Waals surface area (Å²) in [6.07, 6.45) is 1.66. The first-order valence-electron chi connectivity index (χ1n) is 9.84. The van der Waals surface area contributed by atoms with Gasteiger partial charge in [-0.3, -0.25) is 24.0 Å². The Balaban J connectivity index is 1.48. The van der Waals surface area contributed by atoms with Crippen molar-refractivity contribution in [3.05, 3.63) is 83.6 Å². The highest BCUT2D eigenvalue weighted by molar-refractivity contribution is 6.33. The van der Waals surface area contributed by atoms with Crippen LogP contribution in [0.3, 0.4) is 0 Å². The molecule has 8 heteroatoms. The fourth-order valence-electron chi connectivity index (χ4n) is 3.84. The number of rotatable bonds is 5. The number of carbonyl (C=O) groups excluding carboxylic acids is 2. The van der Waals surface area contributed by atoms with Crippen LogP contribution in [0.1, 0.15) is 18.2 Å². The van der Waals surface area contributed by atoms with Crippen molar-refractivity contribution in [1.29, 1.82) is 0 Å². The molecule has 1 aliphatic rings. The molecular weight excluding hydrogens is 414 g/mol. The van der Waals surface area contributed by atoms with Crippen LogP contribution in [-0.4, -0.2) is 26.3 Å². The second kappa shape index (κ2) is 7.85. The Morgan fingerprint density at radius 2 is 1.81 bits per heavy atom. The highest BCUT2D eigenvalue weighted by atomic mass is 35.5. The van der Waals surface area contributed by atoms with Crippen LogP contribution in [0.5, 0.6) is 0 Å². The number of amides is 2. The maximum absolute atomic E-state index is 13.4. The van der Waals surface area contributed by atoms with E-state index >= 15 is 0 Å². The molecule has 0 radical (unpaired) electrons. The van der Waals surface area contributed by atoms with Gasteiger partial charge in [-0.05, 0) is 36.4 Å². The van der Waals surface area contributed by atoms with Crippen LogP contribution in [0.15, 0.2) is 72.9 Å². The second-order valence-corrected chi connectivity index (χ2v) is 7.67. The lowest BCUT2D eigenvalue weighted by molar-refractivity contribution is -0.124. The summed E-state index contributed by atoms with van der Waals surface area (Å²) in [7, 11) is 0. The number of nitrogens with zero attached hydrogens (tertiary/aromatic N) is 4. The van der Waals surface area contributed by atoms with E-state index in [1.165, 1.54) is 0 Å². The molecule has 5 rings (SSSR count). The molecule has 0 saturated carbocycles. The quantitative estimate of drug-likeness (QED) is 0.513. The van der Waals surface area contributed by atoms with Crippen LogP contribution in [-0.2, 0) is 16.1 Å². The second-order valence-electron chi connectivity index (χ2n) is 7.26. The van der Waals surface area contributed by atoms with Crippen LogP contribution in [0, 0.1) is 0 Å². The van der Waals surface area contributed by atoms with E-state index in [9.17, 15) is 9.59 Å². The summed E-state index contributed by atoms with van der Waals surface area (Å²) >= 11 is 6.16. The molecule has 1 atom stereocenters. The SMILES string of the molecule is O=C(C[C@@H]1C(=O)N(Cc2ccccn2)c2nc3ccccc3n21)Nc1ccccc1Cl. The molecule has 7 nitrogen and oxygen atoms in total. The molecule has 0 bridgehead atoms. The zero-order valence-electron chi connectivity index (χ0n) is 16.4. The molecule has 0 saturated heterocycles. The van der Waals surface area contributed by atoms with Gasteiger partial charge in [-0.15, -0.1) is 0 Å². The van der Waals surface area contributed by atoms with Gasteiger partial charge in [-0.2, -0.15) is 0 Å². The number of nitrogens with one attached hydrogen (secondary N) is 1. The largest absolute Gasteiger partial charge is 0.325 e. The number of imidazole rings is 1. The monoisotopic (exact) mass is 431 g/mol. The third-order valence-electron chi connectivity index (χ3n) is 5.25. The predicted molar refractivity (Wildman–Crippen MR) is 119 cm³/mol. The van der Waals surface area contributed by atoms with E-state index in [4.69, 9.17) is 11.6 Å². The van der Waals surface area contributed by atoms with E-state index < -0.39 is 6.04 Å². The van der Waals surface area contributed by atoms with Gasteiger partial charge < -0.3 is 5.32 Å². The smallest absolute Gasteiger partial charge is 0.253 e. The zero-order valence-corrected chi connectivity index (χ0v) is 17.2. The van der Waals surface area contributed by atoms with Crippen molar-refractivity contribution < 1.29 is 9.59 Å². The van der Waals surface area contributed by atoms with Gasteiger partial charge >= 0.3 is 0 Å². The summed E-state index contributed by atoms with van der Waals surface area (Å²) in [6, 6.07) is 19.5. The van der Waals surface area contributed by atoms with E-state index in [2.05, 4.69) is 15.3 Å². The van der Waals surface area contributed by atoms with E-state index in [-0.39, 0.29) is 24.8 Å². The lowest BCUT2D eigenvalue weighted by atomic mass is 10.1. The van der Waals surface area contributed by atoms with Gasteiger partial charge in [0, 0.05) is 6.20 Å². The van der Waals surface area contributed by atoms with Crippen molar-refractivity contribution in [2.75, 3.05) is 10.2 Å². The Labute approximate surface area is 183 Å². The summed E-state index contributed by atoms with van der Waals surface area (Å²) < 4.78 is 1.84. The van der Waals surface area contributed by atoms with Gasteiger partial charge in [0.25, 0.3) is 5.91 Å². The van der Waals surface area contributed by atoms with Crippen molar-refractivity contribution >= 4 is 46.1 Å². The van der Waals surface area contributed by atoms with Gasteiger partial charge in [0.1, 0.15) is 6.04 Å². The summed E-state index contributed by atoms with van der Waals surface area (Å²) in [4.78, 5) is 36.8. The standard InChI is InChI=1S/C23H18ClN5O2/c24-16-8-1-2-9-17(16)26-21(30)13-20-22(31)28(14-15-7-5-6-12-25-15)23-27-18-10-3-4-11-19(18)29(20)23/h1-12,20H,13-14H2,(H,26,30)/t20-/m1/s1. The molecule has 0 fully saturated rings. The molecule has 2 aromatic heterocycles. The Morgan fingerprint density at radius 3 is 2.61 bits per heavy atom. The first-order valence-corrected chi connectivity index (χ1v) is 10.2. The summed E-state index contributed by atoms with van der Waals surface area (Å²) in [5.74, 6) is 0.0375. The van der Waals surface area contributed by atoms with Crippen LogP contribution in [0.4, 0.5) is 11.6 Å². The third kappa shape index (κ3) is 3.53. The normalized spacial score (nSPS) is 15.3. The Morgan fingerprint density at radius 1 is 1.03 bits per heavy atom. The number of pyridine rings is 1. The molecular formula is C23H18ClN5O2. The number of fused-ring (bicyclic) bond motifs is 3. The van der Waals surface area contributed by atoms with E-state index in [0.29, 0.717) is 16.7 Å². The first kappa shape index (κ1) is 19.3. The summed E-state index contributed by atoms with van der Waals surface area (Å²) in [5, 5.41) is 3.25. The topological polar surface area (TPSA) is 80.1 Å². The minimum atomic E-state index is -0.700. The van der Waals surface area contributed by atoms with E-state index in [1.54, 1.807) is 35.4 Å². The number of carbonyl (C=O) groups is 2. The van der Waals surface area contributed by atoms with Gasteiger partial charge in [0.2, 0.25) is 11.9 Å². The molecule has 4 aromatic rings. The molecule has 1 N–H and O–H groups in total. The van der Waals surface area contributed by atoms with Crippen LogP contribution in [0.2, 0.25) is 5.02 Å². The Bertz CT molecular complexity index is 1290. The minimum Gasteiger partial charge on any atom is -0.325 e. The number of benzene rings is 2. The maximum Gasteiger partial charge on any atom is 0.253 e. The number of anilines is 2. The lowest BCUT2D eigenvalue weighted by Crippen LogP contribution is -2.31. The minimum absolute atomic E-state index is 0.0316. The fourth-order valence-corrected chi connectivity index (χ4v) is 4.02. The highest BCUT2D eigenvalue weighted by Gasteiger charge is 2.41. The molecule has 0 unspecified atom stereocenters. The summed E-state index contributed by atoms with van der Waals surface area (Å²) in [6.45, 7) is 0.283. The van der Waals surface area contributed by atoms with Crippen molar-refractivity contribution in [3.8, 4) is 0 Å². The van der Waals surface area contributed by atoms with Crippen LogP contribution < -0.4 is 10.2 Å². The lowest BCUT2D eigenvalue weighted by Gasteiger charge is -2.15. The molecule has 31 heavy (non-hydrogen) atoms. The van der Waals surface area contributed by atoms with E-state index in [1.807, 2.05) is 47.0 Å². The van der Waals surface area contributed by atoms with Crippen molar-refractivity contribution in [1.82, 2.24) is 14.5 Å². The number of halogens is 1. The molecule has 1 aliphatic heterocycles. The number of hydrogen-bond donors (Lipinski definition) is 1. The van der Waals surface area contributed by atoms with Crippen LogP contribution in [0.25, 0.3) is 11.0 Å². The average molecular weight is 432 g/mol. The molecule has 2 aromatic carbocycles. The number of para-hydroxylation sites is 3. The van der Waals surface area contributed by atoms with Gasteiger partial charge in [0.15, 0.2) is 0 Å². The molecule has 2 amide bonds. The first-order chi connectivity index (χ1) is 15.1.